The largest absolute Gasteiger partial charge is 0.311 e. The smallest absolute Gasteiger partial charge is 0.252 e. The number of nitrogens with zero attached hydrogens (tertiary/aromatic N) is 5. The summed E-state index contributed by atoms with van der Waals surface area (Å²) in [6.45, 7) is 6.77. The summed E-state index contributed by atoms with van der Waals surface area (Å²) >= 11 is 1.95. The highest BCUT2D eigenvalue weighted by Crippen LogP contribution is 2.64. The van der Waals surface area contributed by atoms with E-state index in [0.29, 0.717) is 0 Å². The molecule has 1 aliphatic carbocycles. The molecule has 0 unspecified atom stereocenters. The molecule has 16 aromatic carbocycles. The van der Waals surface area contributed by atoms with Crippen molar-refractivity contribution in [3.05, 3.63) is 404 Å². The molecular formula is C101H71B2N5S. The molecule has 109 heavy (non-hydrogen) atoms. The summed E-state index contributed by atoms with van der Waals surface area (Å²) in [5.74, 6) is 0. The van der Waals surface area contributed by atoms with Gasteiger partial charge in [-0.1, -0.05) is 299 Å². The second-order valence-electron chi connectivity index (χ2n) is 30.6. The number of benzene rings is 16. The molecule has 0 aromatic heterocycles. The lowest BCUT2D eigenvalue weighted by molar-refractivity contribution is 0.590. The summed E-state index contributed by atoms with van der Waals surface area (Å²) < 4.78 is 0. The third-order valence-electron chi connectivity index (χ3n) is 23.7. The molecule has 0 bridgehead atoms. The van der Waals surface area contributed by atoms with Crippen molar-refractivity contribution in [3.63, 3.8) is 0 Å². The van der Waals surface area contributed by atoms with Gasteiger partial charge in [-0.05, 0) is 197 Å². The van der Waals surface area contributed by atoms with Crippen LogP contribution in [-0.2, 0) is 10.8 Å². The zero-order chi connectivity index (χ0) is 72.2. The quantitative estimate of drug-likeness (QED) is 0.133. The monoisotopic (exact) mass is 1410 g/mol. The van der Waals surface area contributed by atoms with Gasteiger partial charge in [0.1, 0.15) is 0 Å². The first-order valence-electron chi connectivity index (χ1n) is 38.0. The molecule has 6 aliphatic rings. The number of fused-ring (bicyclic) bond motifs is 17. The summed E-state index contributed by atoms with van der Waals surface area (Å²) in [6, 6.07) is 142. The Bertz CT molecular complexity index is 6210. The molecule has 16 aromatic rings. The minimum atomic E-state index is -0.806. The van der Waals surface area contributed by atoms with Crippen molar-refractivity contribution in [1.29, 1.82) is 0 Å². The molecule has 5 aliphatic heterocycles. The highest BCUT2D eigenvalue weighted by Gasteiger charge is 2.55. The molecule has 22 rings (SSSR count). The van der Waals surface area contributed by atoms with Gasteiger partial charge in [-0.2, -0.15) is 0 Å². The van der Waals surface area contributed by atoms with Crippen molar-refractivity contribution < 1.29 is 0 Å². The summed E-state index contributed by atoms with van der Waals surface area (Å²) in [4.78, 5) is 15.3. The molecule has 5 heterocycles. The zero-order valence-electron chi connectivity index (χ0n) is 60.6. The first kappa shape index (κ1) is 63.3. The van der Waals surface area contributed by atoms with Crippen LogP contribution in [0, 0.1) is 0 Å². The van der Waals surface area contributed by atoms with Crippen molar-refractivity contribution in [2.24, 2.45) is 0 Å². The SMILES string of the molecule is CC(C)(C)c1cc2c3c(c1)N(c1c(-c4ccccc4)cccc1-c1ccccc1)c1cc4c(cc1B3c1ccccc1N2c1ccccc1)C1(c2cc3c(cc2S4)N(c2ccccc2)c2cc(N(c4ccccc4)c4ccccc4)cc4c2B3c2ccccc2N4c2ccccc2)c2ccccc2-c2ccccc21. The van der Waals surface area contributed by atoms with Gasteiger partial charge in [0, 0.05) is 94.9 Å². The van der Waals surface area contributed by atoms with E-state index >= 15 is 0 Å². The predicted molar refractivity (Wildman–Crippen MR) is 460 cm³/mol. The molecule has 0 fully saturated rings. The second kappa shape index (κ2) is 24.5. The maximum absolute atomic E-state index is 2.73. The lowest BCUT2D eigenvalue weighted by atomic mass is 9.33. The maximum atomic E-state index is 2.73. The van der Waals surface area contributed by atoms with Crippen LogP contribution in [0.1, 0.15) is 48.6 Å². The molecule has 0 amide bonds. The molecule has 512 valence electrons. The van der Waals surface area contributed by atoms with Gasteiger partial charge >= 0.3 is 0 Å². The molecule has 0 radical (unpaired) electrons. The van der Waals surface area contributed by atoms with Crippen LogP contribution in [-0.4, -0.2) is 13.4 Å². The Kier molecular flexibility index (Phi) is 14.2. The van der Waals surface area contributed by atoms with E-state index in [9.17, 15) is 0 Å². The molecule has 0 atom stereocenters. The number of rotatable bonds is 9. The van der Waals surface area contributed by atoms with Crippen molar-refractivity contribution in [2.75, 3.05) is 24.5 Å². The number of hydrogen-bond donors (Lipinski definition) is 0. The van der Waals surface area contributed by atoms with Gasteiger partial charge in [0.2, 0.25) is 0 Å². The van der Waals surface area contributed by atoms with Crippen LogP contribution >= 0.6 is 11.8 Å². The van der Waals surface area contributed by atoms with E-state index in [0.717, 1.165) is 84.8 Å². The highest BCUT2D eigenvalue weighted by atomic mass is 32.2. The third kappa shape index (κ3) is 9.44. The fraction of sp³-hybridized carbons (Fsp3) is 0.0495. The van der Waals surface area contributed by atoms with Gasteiger partial charge in [0.25, 0.3) is 13.4 Å². The first-order valence-corrected chi connectivity index (χ1v) is 38.9. The fourth-order valence-electron chi connectivity index (χ4n) is 19.2. The Hall–Kier alpha value is -13.0. The Morgan fingerprint density at radius 1 is 0.275 bits per heavy atom. The van der Waals surface area contributed by atoms with Crippen LogP contribution in [0.2, 0.25) is 0 Å². The van der Waals surface area contributed by atoms with E-state index in [-0.39, 0.29) is 18.8 Å². The van der Waals surface area contributed by atoms with E-state index in [4.69, 9.17) is 0 Å². The first-order chi connectivity index (χ1) is 53.8. The number of para-hydroxylation sites is 8. The summed E-state index contributed by atoms with van der Waals surface area (Å²) in [5, 5.41) is 0. The lowest BCUT2D eigenvalue weighted by Gasteiger charge is -2.48. The van der Waals surface area contributed by atoms with Crippen LogP contribution in [0.15, 0.2) is 386 Å². The Morgan fingerprint density at radius 2 is 0.624 bits per heavy atom. The van der Waals surface area contributed by atoms with Gasteiger partial charge in [-0.3, -0.25) is 0 Å². The normalized spacial score (nSPS) is 13.9. The van der Waals surface area contributed by atoms with E-state index in [1.165, 1.54) is 104 Å². The standard InChI is InChI=1S/C101H71B2N5S/c1-100(2,3)68-58-91-97-92(59-68)108(99-75(66-34-11-4-12-35-66)50-33-51-76(99)67-36-13-5-14-37-67)90-65-96-82(63-86(90)103(97)83-54-29-31-56-87(83)105(91)71-42-19-8-20-43-71)101(79-52-27-25-48-77(79)78-49-26-28-53-80(78)101)81-62-85-89(64-95(81)109-96)107(73-46-23-10-24-47-73)94-61-74(104(69-38-15-6-16-39-69)70-40-17-7-18-41-70)60-93-98(94)102(85)84-55-30-32-57-88(84)106(93)72-44-21-9-22-45-72/h4-65H,1-3H3. The van der Waals surface area contributed by atoms with Crippen molar-refractivity contribution in [2.45, 2.75) is 41.4 Å². The van der Waals surface area contributed by atoms with Gasteiger partial charge in [0.15, 0.2) is 0 Å². The molecule has 8 heteroatoms. The lowest BCUT2D eigenvalue weighted by Crippen LogP contribution is -2.62. The van der Waals surface area contributed by atoms with Crippen LogP contribution in [0.3, 0.4) is 0 Å². The van der Waals surface area contributed by atoms with Crippen LogP contribution < -0.4 is 57.3 Å². The summed E-state index contributed by atoms with van der Waals surface area (Å²) in [7, 11) is 0. The molecule has 5 nitrogen and oxygen atoms in total. The molecule has 0 saturated carbocycles. The summed E-state index contributed by atoms with van der Waals surface area (Å²) in [5.41, 5.74) is 37.2. The van der Waals surface area contributed by atoms with Crippen molar-refractivity contribution >= 4 is 143 Å². The second-order valence-corrected chi connectivity index (χ2v) is 31.7. The van der Waals surface area contributed by atoms with Gasteiger partial charge in [-0.25, -0.2) is 0 Å². The van der Waals surface area contributed by atoms with Gasteiger partial charge < -0.3 is 24.5 Å². The van der Waals surface area contributed by atoms with Crippen molar-refractivity contribution in [3.8, 4) is 33.4 Å². The van der Waals surface area contributed by atoms with Crippen molar-refractivity contribution in [1.82, 2.24) is 0 Å². The minimum absolute atomic E-state index is 0.181. The highest BCUT2D eigenvalue weighted by molar-refractivity contribution is 7.99. The van der Waals surface area contributed by atoms with E-state index in [1.807, 2.05) is 11.8 Å². The Labute approximate surface area is 642 Å². The Balaban J connectivity index is 0.870. The Morgan fingerprint density at radius 3 is 1.06 bits per heavy atom. The molecule has 0 N–H and O–H groups in total. The maximum Gasteiger partial charge on any atom is 0.252 e. The average molecular weight is 1410 g/mol. The van der Waals surface area contributed by atoms with Crippen LogP contribution in [0.4, 0.5) is 85.3 Å². The van der Waals surface area contributed by atoms with E-state index in [1.54, 1.807) is 0 Å². The van der Waals surface area contributed by atoms with Crippen LogP contribution in [0.5, 0.6) is 0 Å². The number of anilines is 15. The molecule has 0 saturated heterocycles. The predicted octanol–water partition coefficient (Wildman–Crippen LogP) is 22.8. The van der Waals surface area contributed by atoms with Gasteiger partial charge in [0.05, 0.1) is 16.8 Å². The minimum Gasteiger partial charge on any atom is -0.311 e. The average Bonchev–Trinajstić information content (AvgIpc) is 1.04. The third-order valence-corrected chi connectivity index (χ3v) is 24.9. The summed E-state index contributed by atoms with van der Waals surface area (Å²) in [6.07, 6.45) is 0. The number of hydrogen-bond acceptors (Lipinski definition) is 6. The van der Waals surface area contributed by atoms with Crippen LogP contribution in [0.25, 0.3) is 33.4 Å². The zero-order valence-corrected chi connectivity index (χ0v) is 61.4. The fourth-order valence-corrected chi connectivity index (χ4v) is 20.4. The van der Waals surface area contributed by atoms with E-state index in [2.05, 4.69) is 421 Å². The molecular weight excluding hydrogens is 1340 g/mol. The van der Waals surface area contributed by atoms with Gasteiger partial charge in [-0.15, -0.1) is 0 Å². The van der Waals surface area contributed by atoms with E-state index < -0.39 is 5.41 Å². The topological polar surface area (TPSA) is 16.2 Å². The molecule has 1 spiro atoms.